The van der Waals surface area contributed by atoms with Gasteiger partial charge in [-0.15, -0.1) is 5.10 Å². The predicted octanol–water partition coefficient (Wildman–Crippen LogP) is 0.350. The summed E-state index contributed by atoms with van der Waals surface area (Å²) in [4.78, 5) is 0. The van der Waals surface area contributed by atoms with Crippen LogP contribution >= 0.6 is 0 Å². The zero-order valence-corrected chi connectivity index (χ0v) is 9.48. The molecule has 0 saturated carbocycles. The molecule has 1 fully saturated rings. The van der Waals surface area contributed by atoms with E-state index in [9.17, 15) is 0 Å². The van der Waals surface area contributed by atoms with Gasteiger partial charge in [-0.3, -0.25) is 0 Å². The Kier molecular flexibility index (Phi) is 2.88. The third kappa shape index (κ3) is 1.97. The van der Waals surface area contributed by atoms with Crippen LogP contribution in [0.3, 0.4) is 0 Å². The first-order chi connectivity index (χ1) is 7.93. The average molecular weight is 222 g/mol. The molecule has 0 aromatic carbocycles. The minimum atomic E-state index is 0.717. The molecule has 0 aliphatic carbocycles. The molecular weight excluding hydrogens is 204 g/mol. The van der Waals surface area contributed by atoms with Crippen molar-refractivity contribution in [3.05, 3.63) is 11.4 Å². The molecule has 1 N–H and O–H groups in total. The molecule has 0 radical (unpaired) electrons. The Balaban J connectivity index is 1.71. The Labute approximate surface area is 95.2 Å². The van der Waals surface area contributed by atoms with Crippen LogP contribution in [0, 0.1) is 5.92 Å². The fraction of sp³-hybridized carbons (Fsp3) is 0.818. The van der Waals surface area contributed by atoms with Crippen molar-refractivity contribution in [1.29, 1.82) is 0 Å². The Morgan fingerprint density at radius 1 is 1.38 bits per heavy atom. The summed E-state index contributed by atoms with van der Waals surface area (Å²) < 4.78 is 7.49. The Morgan fingerprint density at radius 2 is 2.25 bits per heavy atom. The van der Waals surface area contributed by atoms with E-state index in [1.165, 1.54) is 5.69 Å². The van der Waals surface area contributed by atoms with Crippen LogP contribution in [0.2, 0.25) is 0 Å². The molecule has 1 aromatic rings. The lowest BCUT2D eigenvalue weighted by Crippen LogP contribution is -2.27. The summed E-state index contributed by atoms with van der Waals surface area (Å²) in [5.41, 5.74) is 2.48. The molecule has 16 heavy (non-hydrogen) atoms. The molecule has 1 saturated heterocycles. The Morgan fingerprint density at radius 3 is 3.12 bits per heavy atom. The normalized spacial score (nSPS) is 22.0. The van der Waals surface area contributed by atoms with Gasteiger partial charge in [0.05, 0.1) is 11.4 Å². The fourth-order valence-electron chi connectivity index (χ4n) is 2.51. The van der Waals surface area contributed by atoms with E-state index in [1.54, 1.807) is 0 Å². The number of aromatic nitrogens is 3. The first-order valence-electron chi connectivity index (χ1n) is 6.13. The molecule has 88 valence electrons. The highest BCUT2D eigenvalue weighted by Gasteiger charge is 2.20. The zero-order valence-electron chi connectivity index (χ0n) is 9.48. The van der Waals surface area contributed by atoms with Gasteiger partial charge in [0.25, 0.3) is 0 Å². The highest BCUT2D eigenvalue weighted by molar-refractivity contribution is 5.13. The average Bonchev–Trinajstić information content (AvgIpc) is 2.74. The van der Waals surface area contributed by atoms with E-state index in [4.69, 9.17) is 4.74 Å². The Bertz CT molecular complexity index is 357. The number of fused-ring (bicyclic) bond motifs is 1. The van der Waals surface area contributed by atoms with Crippen molar-refractivity contribution in [2.24, 2.45) is 5.92 Å². The van der Waals surface area contributed by atoms with Crippen molar-refractivity contribution in [1.82, 2.24) is 20.3 Å². The van der Waals surface area contributed by atoms with Gasteiger partial charge in [-0.1, -0.05) is 5.21 Å². The molecule has 1 aromatic heterocycles. The van der Waals surface area contributed by atoms with Crippen LogP contribution in [0.1, 0.15) is 24.2 Å². The SMILES string of the molecule is C1Cc2c(nnn2CC2CCOCC2)CN1. The summed E-state index contributed by atoms with van der Waals surface area (Å²) in [5.74, 6) is 0.717. The summed E-state index contributed by atoms with van der Waals surface area (Å²) in [7, 11) is 0. The van der Waals surface area contributed by atoms with Crippen LogP contribution in [-0.4, -0.2) is 34.8 Å². The van der Waals surface area contributed by atoms with Gasteiger partial charge in [0.1, 0.15) is 0 Å². The molecular formula is C11H18N4O. The first kappa shape index (κ1) is 10.2. The van der Waals surface area contributed by atoms with Crippen LogP contribution in [0.25, 0.3) is 0 Å². The lowest BCUT2D eigenvalue weighted by atomic mass is 10.0. The minimum Gasteiger partial charge on any atom is -0.381 e. The topological polar surface area (TPSA) is 52.0 Å². The van der Waals surface area contributed by atoms with Crippen molar-refractivity contribution in [3.8, 4) is 0 Å². The van der Waals surface area contributed by atoms with Gasteiger partial charge in [-0.2, -0.15) is 0 Å². The smallest absolute Gasteiger partial charge is 0.0997 e. The third-order valence-electron chi connectivity index (χ3n) is 3.52. The van der Waals surface area contributed by atoms with Crippen LogP contribution in [0.4, 0.5) is 0 Å². The van der Waals surface area contributed by atoms with E-state index >= 15 is 0 Å². The molecule has 0 bridgehead atoms. The molecule has 0 atom stereocenters. The highest BCUT2D eigenvalue weighted by atomic mass is 16.5. The first-order valence-corrected chi connectivity index (χ1v) is 6.13. The van der Waals surface area contributed by atoms with Crippen molar-refractivity contribution in [3.63, 3.8) is 0 Å². The number of hydrogen-bond acceptors (Lipinski definition) is 4. The van der Waals surface area contributed by atoms with Gasteiger partial charge in [0, 0.05) is 39.3 Å². The van der Waals surface area contributed by atoms with E-state index in [2.05, 4.69) is 20.3 Å². The van der Waals surface area contributed by atoms with Gasteiger partial charge >= 0.3 is 0 Å². The molecule has 0 amide bonds. The summed E-state index contributed by atoms with van der Waals surface area (Å²) >= 11 is 0. The molecule has 3 rings (SSSR count). The van der Waals surface area contributed by atoms with Gasteiger partial charge in [0.15, 0.2) is 0 Å². The monoisotopic (exact) mass is 222 g/mol. The van der Waals surface area contributed by atoms with Crippen molar-refractivity contribution in [2.75, 3.05) is 19.8 Å². The fourth-order valence-corrected chi connectivity index (χ4v) is 2.51. The Hall–Kier alpha value is -0.940. The van der Waals surface area contributed by atoms with Gasteiger partial charge in [0.2, 0.25) is 0 Å². The number of rotatable bonds is 2. The van der Waals surface area contributed by atoms with Crippen LogP contribution < -0.4 is 5.32 Å². The number of hydrogen-bond donors (Lipinski definition) is 1. The maximum absolute atomic E-state index is 5.38. The summed E-state index contributed by atoms with van der Waals surface area (Å²) in [6.45, 7) is 4.76. The number of ether oxygens (including phenoxy) is 1. The lowest BCUT2D eigenvalue weighted by molar-refractivity contribution is 0.0597. The summed E-state index contributed by atoms with van der Waals surface area (Å²) in [6, 6.07) is 0. The molecule has 3 heterocycles. The quantitative estimate of drug-likeness (QED) is 0.784. The number of nitrogens with zero attached hydrogens (tertiary/aromatic N) is 3. The minimum absolute atomic E-state index is 0.717. The van der Waals surface area contributed by atoms with Crippen molar-refractivity contribution < 1.29 is 4.74 Å². The van der Waals surface area contributed by atoms with E-state index in [-0.39, 0.29) is 0 Å². The van der Waals surface area contributed by atoms with E-state index in [1.807, 2.05) is 0 Å². The molecule has 2 aliphatic rings. The van der Waals surface area contributed by atoms with Crippen LogP contribution in [-0.2, 0) is 24.2 Å². The standard InChI is InChI=1S/C11H18N4O/c1-4-12-7-10-11(1)15(14-13-10)8-9-2-5-16-6-3-9/h9,12H,1-8H2. The van der Waals surface area contributed by atoms with Crippen molar-refractivity contribution >= 4 is 0 Å². The molecule has 0 spiro atoms. The second-order valence-electron chi connectivity index (χ2n) is 4.65. The third-order valence-corrected chi connectivity index (χ3v) is 3.52. The molecule has 5 nitrogen and oxygen atoms in total. The van der Waals surface area contributed by atoms with Crippen molar-refractivity contribution in [2.45, 2.75) is 32.4 Å². The number of nitrogens with one attached hydrogen (secondary N) is 1. The van der Waals surface area contributed by atoms with Crippen LogP contribution in [0.5, 0.6) is 0 Å². The zero-order chi connectivity index (χ0) is 10.8. The molecule has 5 heteroatoms. The van der Waals surface area contributed by atoms with Crippen LogP contribution in [0.15, 0.2) is 0 Å². The van der Waals surface area contributed by atoms with E-state index in [0.29, 0.717) is 0 Å². The lowest BCUT2D eigenvalue weighted by Gasteiger charge is -2.23. The molecule has 0 unspecified atom stereocenters. The van der Waals surface area contributed by atoms with E-state index in [0.717, 1.165) is 63.7 Å². The molecule has 2 aliphatic heterocycles. The van der Waals surface area contributed by atoms with E-state index < -0.39 is 0 Å². The summed E-state index contributed by atoms with van der Waals surface area (Å²) in [5, 5.41) is 11.8. The van der Waals surface area contributed by atoms with Gasteiger partial charge < -0.3 is 10.1 Å². The maximum atomic E-state index is 5.38. The predicted molar refractivity (Wildman–Crippen MR) is 59.0 cm³/mol. The highest BCUT2D eigenvalue weighted by Crippen LogP contribution is 2.19. The van der Waals surface area contributed by atoms with Gasteiger partial charge in [-0.25, -0.2) is 4.68 Å². The maximum Gasteiger partial charge on any atom is 0.0997 e. The second-order valence-corrected chi connectivity index (χ2v) is 4.65. The second kappa shape index (κ2) is 4.51. The van der Waals surface area contributed by atoms with Gasteiger partial charge in [-0.05, 0) is 18.8 Å². The summed E-state index contributed by atoms with van der Waals surface area (Å²) in [6.07, 6.45) is 3.38. The largest absolute Gasteiger partial charge is 0.381 e.